The van der Waals surface area contributed by atoms with Gasteiger partial charge in [0, 0.05) is 17.8 Å². The fourth-order valence-corrected chi connectivity index (χ4v) is 2.14. The average molecular weight is 302 g/mol. The first kappa shape index (κ1) is 13.7. The maximum Gasteiger partial charge on any atom is 0.271 e. The molecule has 0 fully saturated rings. The van der Waals surface area contributed by atoms with E-state index in [0.29, 0.717) is 0 Å². The van der Waals surface area contributed by atoms with Gasteiger partial charge in [-0.3, -0.25) is 25.0 Å². The lowest BCUT2D eigenvalue weighted by atomic mass is 10.2. The molecule has 0 bridgehead atoms. The van der Waals surface area contributed by atoms with E-state index >= 15 is 0 Å². The first-order valence-electron chi connectivity index (χ1n) is 6.29. The summed E-state index contributed by atoms with van der Waals surface area (Å²) in [6.07, 6.45) is 1.13. The first-order valence-corrected chi connectivity index (χ1v) is 6.29. The van der Waals surface area contributed by atoms with Crippen LogP contribution in [-0.4, -0.2) is 31.5 Å². The summed E-state index contributed by atoms with van der Waals surface area (Å²) in [5, 5.41) is 19.6. The van der Waals surface area contributed by atoms with E-state index in [-0.39, 0.29) is 29.7 Å². The van der Waals surface area contributed by atoms with E-state index in [1.165, 1.54) is 35.3 Å². The highest BCUT2D eigenvalue weighted by Crippen LogP contribution is 2.24. The lowest BCUT2D eigenvalue weighted by Crippen LogP contribution is -2.23. The topological polar surface area (TPSA) is 132 Å². The Hall–Kier alpha value is -3.30. The van der Waals surface area contributed by atoms with Crippen molar-refractivity contribution in [3.8, 4) is 0 Å². The SMILES string of the molecule is O=C(C[C@@H]1C(=O)Nc2ncnn21)Nc1cccc([N+](=O)[O-])c1. The van der Waals surface area contributed by atoms with Crippen molar-refractivity contribution in [2.45, 2.75) is 12.5 Å². The summed E-state index contributed by atoms with van der Waals surface area (Å²) in [7, 11) is 0. The third-order valence-corrected chi connectivity index (χ3v) is 3.13. The van der Waals surface area contributed by atoms with E-state index < -0.39 is 16.9 Å². The number of amides is 2. The van der Waals surface area contributed by atoms with Gasteiger partial charge in [-0.25, -0.2) is 4.68 Å². The summed E-state index contributed by atoms with van der Waals surface area (Å²) < 4.78 is 1.33. The molecule has 10 heteroatoms. The molecule has 0 unspecified atom stereocenters. The van der Waals surface area contributed by atoms with E-state index in [0.717, 1.165) is 0 Å². The van der Waals surface area contributed by atoms with Crippen molar-refractivity contribution in [2.24, 2.45) is 0 Å². The number of anilines is 2. The Morgan fingerprint density at radius 3 is 3.09 bits per heavy atom. The van der Waals surface area contributed by atoms with Crippen molar-refractivity contribution in [3.05, 3.63) is 40.7 Å². The van der Waals surface area contributed by atoms with Gasteiger partial charge in [0.15, 0.2) is 0 Å². The smallest absolute Gasteiger partial charge is 0.271 e. The molecule has 2 amide bonds. The molecule has 0 radical (unpaired) electrons. The molecule has 0 spiro atoms. The zero-order valence-electron chi connectivity index (χ0n) is 11.1. The monoisotopic (exact) mass is 302 g/mol. The molecule has 1 aliphatic rings. The van der Waals surface area contributed by atoms with Crippen LogP contribution in [0.2, 0.25) is 0 Å². The summed E-state index contributed by atoms with van der Waals surface area (Å²) in [5.74, 6) is -0.535. The number of nitro groups is 1. The highest BCUT2D eigenvalue weighted by atomic mass is 16.6. The summed E-state index contributed by atoms with van der Waals surface area (Å²) in [4.78, 5) is 37.7. The fourth-order valence-electron chi connectivity index (χ4n) is 2.14. The standard InChI is InChI=1S/C12H10N6O4/c19-10(15-7-2-1-3-8(4-7)18(21)22)5-9-11(20)16-12-13-6-14-17(9)12/h1-4,6,9H,5H2,(H,15,19)(H,13,14,16,20)/t9-/m1/s1. The van der Waals surface area contributed by atoms with Crippen LogP contribution < -0.4 is 10.6 Å². The van der Waals surface area contributed by atoms with Gasteiger partial charge in [-0.1, -0.05) is 6.07 Å². The maximum absolute atomic E-state index is 12.0. The molecule has 10 nitrogen and oxygen atoms in total. The second-order valence-electron chi connectivity index (χ2n) is 4.59. The number of nitrogens with one attached hydrogen (secondary N) is 2. The van der Waals surface area contributed by atoms with Crippen molar-refractivity contribution in [3.63, 3.8) is 0 Å². The van der Waals surface area contributed by atoms with E-state index in [1.54, 1.807) is 0 Å². The zero-order valence-corrected chi connectivity index (χ0v) is 11.1. The van der Waals surface area contributed by atoms with Crippen LogP contribution in [0.1, 0.15) is 12.5 Å². The Balaban J connectivity index is 1.70. The third kappa shape index (κ3) is 2.49. The van der Waals surface area contributed by atoms with Gasteiger partial charge in [-0.05, 0) is 6.07 Å². The van der Waals surface area contributed by atoms with Gasteiger partial charge >= 0.3 is 0 Å². The van der Waals surface area contributed by atoms with Crippen LogP contribution in [-0.2, 0) is 9.59 Å². The Bertz CT molecular complexity index is 770. The Morgan fingerprint density at radius 2 is 2.32 bits per heavy atom. The minimum Gasteiger partial charge on any atom is -0.326 e. The van der Waals surface area contributed by atoms with Crippen LogP contribution in [0.25, 0.3) is 0 Å². The zero-order chi connectivity index (χ0) is 15.7. The number of fused-ring (bicyclic) bond motifs is 1. The van der Waals surface area contributed by atoms with Gasteiger partial charge in [-0.15, -0.1) is 0 Å². The molecule has 2 heterocycles. The highest BCUT2D eigenvalue weighted by molar-refractivity contribution is 6.00. The van der Waals surface area contributed by atoms with Crippen molar-refractivity contribution in [1.29, 1.82) is 0 Å². The van der Waals surface area contributed by atoms with Crippen molar-refractivity contribution >= 4 is 29.1 Å². The predicted octanol–water partition coefficient (Wildman–Crippen LogP) is 0.708. The molecule has 1 aromatic carbocycles. The number of hydrogen-bond acceptors (Lipinski definition) is 6. The van der Waals surface area contributed by atoms with Crippen LogP contribution in [0.5, 0.6) is 0 Å². The molecular weight excluding hydrogens is 292 g/mol. The first-order chi connectivity index (χ1) is 10.5. The van der Waals surface area contributed by atoms with Gasteiger partial charge in [0.2, 0.25) is 11.9 Å². The van der Waals surface area contributed by atoms with Crippen molar-refractivity contribution < 1.29 is 14.5 Å². The van der Waals surface area contributed by atoms with E-state index in [1.807, 2.05) is 0 Å². The van der Waals surface area contributed by atoms with E-state index in [4.69, 9.17) is 0 Å². The summed E-state index contributed by atoms with van der Waals surface area (Å²) in [6, 6.07) is 4.78. The third-order valence-electron chi connectivity index (χ3n) is 3.13. The quantitative estimate of drug-likeness (QED) is 0.631. The highest BCUT2D eigenvalue weighted by Gasteiger charge is 2.33. The normalized spacial score (nSPS) is 16.0. The Kier molecular flexibility index (Phi) is 3.26. The van der Waals surface area contributed by atoms with Gasteiger partial charge in [-0.2, -0.15) is 10.1 Å². The molecule has 2 aromatic rings. The number of rotatable bonds is 4. The molecule has 22 heavy (non-hydrogen) atoms. The number of carbonyl (C=O) groups is 2. The molecule has 112 valence electrons. The number of nitro benzene ring substituents is 1. The number of aromatic nitrogens is 3. The van der Waals surface area contributed by atoms with E-state index in [9.17, 15) is 19.7 Å². The average Bonchev–Trinajstić information content (AvgIpc) is 3.02. The van der Waals surface area contributed by atoms with Crippen molar-refractivity contribution in [1.82, 2.24) is 14.8 Å². The summed E-state index contributed by atoms with van der Waals surface area (Å²) in [6.45, 7) is 0. The van der Waals surface area contributed by atoms with Gasteiger partial charge < -0.3 is 5.32 Å². The predicted molar refractivity (Wildman–Crippen MR) is 74.0 cm³/mol. The van der Waals surface area contributed by atoms with Gasteiger partial charge in [0.05, 0.1) is 11.3 Å². The molecular formula is C12H10N6O4. The molecule has 0 saturated heterocycles. The Morgan fingerprint density at radius 1 is 1.50 bits per heavy atom. The van der Waals surface area contributed by atoms with Gasteiger partial charge in [0.1, 0.15) is 12.4 Å². The molecule has 0 aliphatic carbocycles. The number of non-ortho nitro benzene ring substituents is 1. The molecule has 0 saturated carbocycles. The number of carbonyl (C=O) groups excluding carboxylic acids is 2. The molecule has 1 atom stereocenters. The van der Waals surface area contributed by atoms with Crippen LogP contribution >= 0.6 is 0 Å². The number of benzene rings is 1. The molecule has 2 N–H and O–H groups in total. The molecule has 3 rings (SSSR count). The summed E-state index contributed by atoms with van der Waals surface area (Å²) >= 11 is 0. The maximum atomic E-state index is 12.0. The second-order valence-corrected chi connectivity index (χ2v) is 4.59. The number of nitrogens with zero attached hydrogens (tertiary/aromatic N) is 4. The fraction of sp³-hybridized carbons (Fsp3) is 0.167. The summed E-state index contributed by atoms with van der Waals surface area (Å²) in [5.41, 5.74) is 0.159. The lowest BCUT2D eigenvalue weighted by Gasteiger charge is -2.09. The second kappa shape index (κ2) is 5.24. The van der Waals surface area contributed by atoms with E-state index in [2.05, 4.69) is 20.7 Å². The minimum absolute atomic E-state index is 0.130. The molecule has 1 aliphatic heterocycles. The Labute approximate surface area is 123 Å². The van der Waals surface area contributed by atoms with Crippen LogP contribution in [0.3, 0.4) is 0 Å². The van der Waals surface area contributed by atoms with Crippen molar-refractivity contribution in [2.75, 3.05) is 10.6 Å². The number of hydrogen-bond donors (Lipinski definition) is 2. The minimum atomic E-state index is -0.781. The molecule has 1 aromatic heterocycles. The van der Waals surface area contributed by atoms with Crippen LogP contribution in [0, 0.1) is 10.1 Å². The largest absolute Gasteiger partial charge is 0.326 e. The lowest BCUT2D eigenvalue weighted by molar-refractivity contribution is -0.384. The van der Waals surface area contributed by atoms with Crippen LogP contribution in [0.4, 0.5) is 17.3 Å². The van der Waals surface area contributed by atoms with Crippen LogP contribution in [0.15, 0.2) is 30.6 Å². The van der Waals surface area contributed by atoms with Gasteiger partial charge in [0.25, 0.3) is 11.6 Å².